The Bertz CT molecular complexity index is 1020. The number of ether oxygens (including phenoxy) is 1. The summed E-state index contributed by atoms with van der Waals surface area (Å²) in [4.78, 5) is 18.4. The summed E-state index contributed by atoms with van der Waals surface area (Å²) in [5.41, 5.74) is 1.36. The summed E-state index contributed by atoms with van der Waals surface area (Å²) in [5.74, 6) is 1.05. The maximum atomic E-state index is 10.5. The molecule has 0 aliphatic carbocycles. The Morgan fingerprint density at radius 1 is 1.25 bits per heavy atom. The minimum Gasteiger partial charge on any atom is -0.438 e. The van der Waals surface area contributed by atoms with Gasteiger partial charge in [-0.2, -0.15) is 5.26 Å². The first-order valence-electron chi connectivity index (χ1n) is 9.41. The van der Waals surface area contributed by atoms with E-state index < -0.39 is 8.32 Å². The van der Waals surface area contributed by atoms with Crippen LogP contribution in [-0.2, 0) is 6.54 Å². The third-order valence-corrected chi connectivity index (χ3v) is 9.16. The van der Waals surface area contributed by atoms with Gasteiger partial charge in [0.15, 0.2) is 8.32 Å². The summed E-state index contributed by atoms with van der Waals surface area (Å²) in [7, 11) is -2.18. The number of aromatic nitrogens is 3. The van der Waals surface area contributed by atoms with Gasteiger partial charge in [-0.15, -0.1) is 0 Å². The van der Waals surface area contributed by atoms with Crippen molar-refractivity contribution in [2.45, 2.75) is 51.4 Å². The Morgan fingerprint density at radius 3 is 2.75 bits per heavy atom. The van der Waals surface area contributed by atoms with Gasteiger partial charge in [-0.1, -0.05) is 19.9 Å². The number of fused-ring (bicyclic) bond motifs is 1. The molecule has 2 heterocycles. The van der Waals surface area contributed by atoms with Gasteiger partial charge < -0.3 is 14.1 Å². The lowest BCUT2D eigenvalue weighted by molar-refractivity contribution is 0.433. The number of rotatable bonds is 7. The fourth-order valence-electron chi connectivity index (χ4n) is 3.05. The molecule has 1 N–H and O–H groups in total. The average Bonchev–Trinajstić information content (AvgIpc) is 3.05. The Hall–Kier alpha value is -2.69. The second kappa shape index (κ2) is 7.74. The van der Waals surface area contributed by atoms with Crippen LogP contribution >= 0.6 is 0 Å². The molecule has 28 heavy (non-hydrogen) atoms. The highest BCUT2D eigenvalue weighted by Gasteiger charge is 2.37. The van der Waals surface area contributed by atoms with E-state index in [1.165, 1.54) is 12.4 Å². The topological polar surface area (TPSA) is 84.0 Å². The van der Waals surface area contributed by atoms with Gasteiger partial charge in [0.25, 0.3) is 0 Å². The number of nitrogens with zero attached hydrogens (tertiary/aromatic N) is 4. The lowest BCUT2D eigenvalue weighted by Gasteiger charge is -2.35. The van der Waals surface area contributed by atoms with Crippen molar-refractivity contribution in [1.82, 2.24) is 14.5 Å². The predicted octanol–water partition coefficient (Wildman–Crippen LogP) is 4.85. The first kappa shape index (κ1) is 20.1. The summed E-state index contributed by atoms with van der Waals surface area (Å²) in [6.45, 7) is 9.22. The highest BCUT2D eigenvalue weighted by atomic mass is 28.4. The molecule has 3 aromatic rings. The van der Waals surface area contributed by atoms with Gasteiger partial charge in [0.1, 0.15) is 23.8 Å². The van der Waals surface area contributed by atoms with Crippen LogP contribution in [0.25, 0.3) is 10.9 Å². The molecule has 0 saturated heterocycles. The van der Waals surface area contributed by atoms with Gasteiger partial charge in [-0.3, -0.25) is 0 Å². The van der Waals surface area contributed by atoms with Crippen LogP contribution in [0.5, 0.6) is 11.6 Å². The third kappa shape index (κ3) is 4.24. The molecule has 6 nitrogen and oxygen atoms in total. The fraction of sp³-hybridized carbons (Fsp3) is 0.381. The molecule has 2 aromatic heterocycles. The zero-order chi connectivity index (χ0) is 20.4. The first-order chi connectivity index (χ1) is 13.2. The highest BCUT2D eigenvalue weighted by Crippen LogP contribution is 2.40. The summed E-state index contributed by atoms with van der Waals surface area (Å²) in [6, 6.07) is 11.5. The second-order valence-electron chi connectivity index (χ2n) is 8.20. The largest absolute Gasteiger partial charge is 0.438 e. The van der Waals surface area contributed by atoms with E-state index in [1.54, 1.807) is 0 Å². The van der Waals surface area contributed by atoms with E-state index in [2.05, 4.69) is 40.6 Å². The van der Waals surface area contributed by atoms with Crippen LogP contribution in [-0.4, -0.2) is 27.6 Å². The van der Waals surface area contributed by atoms with E-state index in [9.17, 15) is 4.80 Å². The lowest BCUT2D eigenvalue weighted by atomic mass is 10.1. The zero-order valence-corrected chi connectivity index (χ0v) is 17.8. The van der Waals surface area contributed by atoms with Gasteiger partial charge in [-0.05, 0) is 49.2 Å². The predicted molar refractivity (Wildman–Crippen MR) is 112 cm³/mol. The van der Waals surface area contributed by atoms with E-state index in [0.29, 0.717) is 11.6 Å². The minimum absolute atomic E-state index is 0.0182. The Labute approximate surface area is 166 Å². The van der Waals surface area contributed by atoms with E-state index in [4.69, 9.17) is 10.00 Å². The SMILES string of the molecule is CC(C)(CCCn1ccc2c(Oc3cc(C#N)ncn3)cccc21)[Si](C)(C)O. The molecule has 0 spiro atoms. The molecule has 3 rings (SSSR count). The zero-order valence-electron chi connectivity index (χ0n) is 16.8. The fourth-order valence-corrected chi connectivity index (χ4v) is 3.83. The van der Waals surface area contributed by atoms with Crippen LogP contribution in [0.15, 0.2) is 42.9 Å². The molecule has 0 bridgehead atoms. The van der Waals surface area contributed by atoms with Gasteiger partial charge in [0.05, 0.1) is 5.52 Å². The molecular formula is C21H26N4O2Si. The van der Waals surface area contributed by atoms with Gasteiger partial charge >= 0.3 is 0 Å². The maximum Gasteiger partial charge on any atom is 0.223 e. The maximum absolute atomic E-state index is 10.5. The van der Waals surface area contributed by atoms with Gasteiger partial charge in [0.2, 0.25) is 5.88 Å². The smallest absolute Gasteiger partial charge is 0.223 e. The molecular weight excluding hydrogens is 368 g/mol. The lowest BCUT2D eigenvalue weighted by Crippen LogP contribution is -2.39. The molecule has 0 radical (unpaired) electrons. The summed E-state index contributed by atoms with van der Waals surface area (Å²) in [5, 5.41) is 9.96. The van der Waals surface area contributed by atoms with Crippen molar-refractivity contribution in [3.8, 4) is 17.7 Å². The second-order valence-corrected chi connectivity index (χ2v) is 12.7. The van der Waals surface area contributed by atoms with Crippen LogP contribution in [0.2, 0.25) is 18.1 Å². The Morgan fingerprint density at radius 2 is 2.04 bits per heavy atom. The molecule has 0 aliphatic rings. The highest BCUT2D eigenvalue weighted by molar-refractivity contribution is 6.72. The van der Waals surface area contributed by atoms with Crippen LogP contribution in [0, 0.1) is 11.3 Å². The monoisotopic (exact) mass is 394 g/mol. The van der Waals surface area contributed by atoms with Crippen LogP contribution in [0.3, 0.4) is 0 Å². The molecule has 0 aliphatic heterocycles. The van der Waals surface area contributed by atoms with Crippen molar-refractivity contribution in [3.05, 3.63) is 48.5 Å². The van der Waals surface area contributed by atoms with Crippen molar-refractivity contribution in [3.63, 3.8) is 0 Å². The molecule has 0 atom stereocenters. The standard InChI is InChI=1S/C21H26N4O2Si/c1-21(2,28(3,4)26)10-6-11-25-12-9-17-18(25)7-5-8-19(17)27-20-13-16(14-22)23-15-24-20/h5,7-9,12-13,15,26H,6,10-11H2,1-4H3. The van der Waals surface area contributed by atoms with Gasteiger partial charge in [-0.25, -0.2) is 9.97 Å². The molecule has 146 valence electrons. The molecule has 0 saturated carbocycles. The van der Waals surface area contributed by atoms with E-state index in [-0.39, 0.29) is 10.7 Å². The van der Waals surface area contributed by atoms with Crippen molar-refractivity contribution in [2.24, 2.45) is 0 Å². The summed E-state index contributed by atoms with van der Waals surface area (Å²) < 4.78 is 8.12. The van der Waals surface area contributed by atoms with Crippen LogP contribution < -0.4 is 4.74 Å². The van der Waals surface area contributed by atoms with Crippen LogP contribution in [0.1, 0.15) is 32.4 Å². The van der Waals surface area contributed by atoms with Gasteiger partial charge in [0, 0.05) is 24.2 Å². The average molecular weight is 395 g/mol. The van der Waals surface area contributed by atoms with E-state index >= 15 is 0 Å². The summed E-state index contributed by atoms with van der Waals surface area (Å²) >= 11 is 0. The Kier molecular flexibility index (Phi) is 5.54. The number of hydrogen-bond acceptors (Lipinski definition) is 5. The van der Waals surface area contributed by atoms with Crippen molar-refractivity contribution >= 4 is 19.2 Å². The number of benzene rings is 1. The number of nitriles is 1. The minimum atomic E-state index is -2.18. The first-order valence-corrected chi connectivity index (χ1v) is 12.4. The summed E-state index contributed by atoms with van der Waals surface area (Å²) in [6.07, 6.45) is 5.37. The van der Waals surface area contributed by atoms with Crippen molar-refractivity contribution in [2.75, 3.05) is 0 Å². The quantitative estimate of drug-likeness (QED) is 0.579. The van der Waals surface area contributed by atoms with E-state index in [1.807, 2.05) is 37.4 Å². The molecule has 0 amide bonds. The molecule has 0 unspecified atom stereocenters. The molecule has 1 aromatic carbocycles. The number of hydrogen-bond donors (Lipinski definition) is 1. The molecule has 7 heteroatoms. The number of aryl methyl sites for hydroxylation is 1. The molecule has 0 fully saturated rings. The van der Waals surface area contributed by atoms with Crippen molar-refractivity contribution < 1.29 is 9.53 Å². The van der Waals surface area contributed by atoms with Crippen molar-refractivity contribution in [1.29, 1.82) is 5.26 Å². The third-order valence-electron chi connectivity index (χ3n) is 5.60. The van der Waals surface area contributed by atoms with Crippen LogP contribution in [0.4, 0.5) is 0 Å². The Balaban J connectivity index is 1.77. The van der Waals surface area contributed by atoms with E-state index in [0.717, 1.165) is 30.3 Å². The normalized spacial score (nSPS) is 12.1.